The lowest BCUT2D eigenvalue weighted by Crippen LogP contribution is -2.00. The summed E-state index contributed by atoms with van der Waals surface area (Å²) in [5, 5.41) is 0. The topological polar surface area (TPSA) is 26.0 Å². The van der Waals surface area contributed by atoms with Crippen LogP contribution >= 0.6 is 0 Å². The predicted octanol–water partition coefficient (Wildman–Crippen LogP) is 2.48. The van der Waals surface area contributed by atoms with Gasteiger partial charge in [-0.05, 0) is 30.5 Å². The summed E-state index contributed by atoms with van der Waals surface area (Å²) >= 11 is 0. The summed E-state index contributed by atoms with van der Waals surface area (Å²) in [4.78, 5) is 0. The van der Waals surface area contributed by atoms with Crippen LogP contribution in [0, 0.1) is 6.92 Å². The SMILES string of the molecule is Cc1ccc(C(C)F)cc1CN. The van der Waals surface area contributed by atoms with Crippen LogP contribution < -0.4 is 5.73 Å². The van der Waals surface area contributed by atoms with Crippen LogP contribution in [0.5, 0.6) is 0 Å². The van der Waals surface area contributed by atoms with Crippen LogP contribution in [0.25, 0.3) is 0 Å². The first-order chi connectivity index (χ1) is 5.65. The summed E-state index contributed by atoms with van der Waals surface area (Å²) in [5.41, 5.74) is 8.36. The van der Waals surface area contributed by atoms with Gasteiger partial charge < -0.3 is 5.73 Å². The van der Waals surface area contributed by atoms with E-state index in [0.717, 1.165) is 11.1 Å². The van der Waals surface area contributed by atoms with E-state index in [2.05, 4.69) is 0 Å². The van der Waals surface area contributed by atoms with Crippen LogP contribution in [0.4, 0.5) is 4.39 Å². The molecular weight excluding hydrogens is 153 g/mol. The third-order valence-corrected chi connectivity index (χ3v) is 2.05. The maximum absolute atomic E-state index is 12.8. The number of hydrogen-bond acceptors (Lipinski definition) is 1. The van der Waals surface area contributed by atoms with Gasteiger partial charge in [-0.3, -0.25) is 0 Å². The molecule has 66 valence electrons. The highest BCUT2D eigenvalue weighted by molar-refractivity contribution is 5.31. The van der Waals surface area contributed by atoms with E-state index in [4.69, 9.17) is 5.73 Å². The summed E-state index contributed by atoms with van der Waals surface area (Å²) in [6.07, 6.45) is -0.907. The third-order valence-electron chi connectivity index (χ3n) is 2.05. The third kappa shape index (κ3) is 1.83. The van der Waals surface area contributed by atoms with E-state index in [1.807, 2.05) is 19.1 Å². The van der Waals surface area contributed by atoms with Gasteiger partial charge >= 0.3 is 0 Å². The summed E-state index contributed by atoms with van der Waals surface area (Å²) in [7, 11) is 0. The maximum Gasteiger partial charge on any atom is 0.122 e. The molecule has 0 amide bonds. The van der Waals surface area contributed by atoms with E-state index in [-0.39, 0.29) is 0 Å². The molecule has 1 unspecified atom stereocenters. The average Bonchev–Trinajstić information content (AvgIpc) is 2.05. The molecule has 1 aromatic rings. The van der Waals surface area contributed by atoms with Crippen molar-refractivity contribution in [2.24, 2.45) is 5.73 Å². The van der Waals surface area contributed by atoms with Crippen molar-refractivity contribution in [1.82, 2.24) is 0 Å². The summed E-state index contributed by atoms with van der Waals surface area (Å²) in [6.45, 7) is 3.99. The molecule has 1 nitrogen and oxygen atoms in total. The van der Waals surface area contributed by atoms with Crippen molar-refractivity contribution in [1.29, 1.82) is 0 Å². The monoisotopic (exact) mass is 167 g/mol. The van der Waals surface area contributed by atoms with Crippen molar-refractivity contribution in [2.45, 2.75) is 26.6 Å². The highest BCUT2D eigenvalue weighted by atomic mass is 19.1. The second kappa shape index (κ2) is 3.68. The van der Waals surface area contributed by atoms with Gasteiger partial charge in [-0.2, -0.15) is 0 Å². The van der Waals surface area contributed by atoms with Crippen molar-refractivity contribution in [2.75, 3.05) is 0 Å². The minimum atomic E-state index is -0.907. The van der Waals surface area contributed by atoms with E-state index >= 15 is 0 Å². The molecule has 0 saturated heterocycles. The Morgan fingerprint density at radius 1 is 1.50 bits per heavy atom. The molecule has 0 fully saturated rings. The molecule has 0 aliphatic heterocycles. The normalized spacial score (nSPS) is 13.0. The molecule has 1 rings (SSSR count). The Kier molecular flexibility index (Phi) is 2.82. The minimum Gasteiger partial charge on any atom is -0.326 e. The lowest BCUT2D eigenvalue weighted by atomic mass is 10.0. The van der Waals surface area contributed by atoms with Gasteiger partial charge in [-0.15, -0.1) is 0 Å². The second-order valence-electron chi connectivity index (χ2n) is 3.01. The van der Waals surface area contributed by atoms with Crippen LogP contribution in [-0.2, 0) is 6.54 Å². The van der Waals surface area contributed by atoms with E-state index in [1.54, 1.807) is 6.07 Å². The number of rotatable bonds is 2. The van der Waals surface area contributed by atoms with Crippen molar-refractivity contribution < 1.29 is 4.39 Å². The number of aryl methyl sites for hydroxylation is 1. The van der Waals surface area contributed by atoms with Crippen LogP contribution in [-0.4, -0.2) is 0 Å². The summed E-state index contributed by atoms with van der Waals surface area (Å²) < 4.78 is 12.8. The molecule has 0 aromatic heterocycles. The van der Waals surface area contributed by atoms with Gasteiger partial charge in [0, 0.05) is 6.54 Å². The smallest absolute Gasteiger partial charge is 0.122 e. The number of hydrogen-bond donors (Lipinski definition) is 1. The molecule has 0 aliphatic carbocycles. The lowest BCUT2D eigenvalue weighted by Gasteiger charge is -2.07. The van der Waals surface area contributed by atoms with Crippen LogP contribution in [0.15, 0.2) is 18.2 Å². The Labute approximate surface area is 72.4 Å². The van der Waals surface area contributed by atoms with Crippen LogP contribution in [0.3, 0.4) is 0 Å². The van der Waals surface area contributed by atoms with Gasteiger partial charge in [-0.1, -0.05) is 18.2 Å². The van der Waals surface area contributed by atoms with Crippen molar-refractivity contribution in [3.05, 3.63) is 34.9 Å². The van der Waals surface area contributed by atoms with Gasteiger partial charge in [0.2, 0.25) is 0 Å². The fraction of sp³-hybridized carbons (Fsp3) is 0.400. The molecule has 1 aromatic carbocycles. The molecule has 0 aliphatic rings. The standard InChI is InChI=1S/C10H14FN/c1-7-3-4-9(8(2)11)5-10(7)6-12/h3-5,8H,6,12H2,1-2H3. The van der Waals surface area contributed by atoms with Gasteiger partial charge in [0.05, 0.1) is 0 Å². The highest BCUT2D eigenvalue weighted by Crippen LogP contribution is 2.19. The van der Waals surface area contributed by atoms with Crippen LogP contribution in [0.2, 0.25) is 0 Å². The Bertz CT molecular complexity index is 269. The van der Waals surface area contributed by atoms with Crippen molar-refractivity contribution in [3.63, 3.8) is 0 Å². The molecule has 0 spiro atoms. The van der Waals surface area contributed by atoms with Crippen molar-refractivity contribution >= 4 is 0 Å². The lowest BCUT2D eigenvalue weighted by molar-refractivity contribution is 0.374. The largest absolute Gasteiger partial charge is 0.326 e. The molecule has 2 heteroatoms. The number of benzene rings is 1. The first kappa shape index (κ1) is 9.20. The fourth-order valence-electron chi connectivity index (χ4n) is 1.16. The molecule has 0 bridgehead atoms. The number of nitrogens with two attached hydrogens (primary N) is 1. The first-order valence-corrected chi connectivity index (χ1v) is 4.08. The van der Waals surface area contributed by atoms with Gasteiger partial charge in [0.15, 0.2) is 0 Å². The molecule has 0 saturated carbocycles. The van der Waals surface area contributed by atoms with Gasteiger partial charge in [-0.25, -0.2) is 4.39 Å². The Balaban J connectivity index is 3.05. The van der Waals surface area contributed by atoms with E-state index in [1.165, 1.54) is 6.92 Å². The van der Waals surface area contributed by atoms with Crippen LogP contribution in [0.1, 0.15) is 29.8 Å². The van der Waals surface area contributed by atoms with Gasteiger partial charge in [0.25, 0.3) is 0 Å². The maximum atomic E-state index is 12.8. The fourth-order valence-corrected chi connectivity index (χ4v) is 1.16. The zero-order valence-corrected chi connectivity index (χ0v) is 7.47. The second-order valence-corrected chi connectivity index (χ2v) is 3.01. The summed E-state index contributed by atoms with van der Waals surface area (Å²) in [5.74, 6) is 0. The molecule has 0 radical (unpaired) electrons. The van der Waals surface area contributed by atoms with Gasteiger partial charge in [0.1, 0.15) is 6.17 Å². The highest BCUT2D eigenvalue weighted by Gasteiger charge is 2.04. The number of alkyl halides is 1. The molecule has 12 heavy (non-hydrogen) atoms. The minimum absolute atomic E-state index is 0.479. The molecule has 1 atom stereocenters. The summed E-state index contributed by atoms with van der Waals surface area (Å²) in [6, 6.07) is 5.55. The Morgan fingerprint density at radius 2 is 2.17 bits per heavy atom. The predicted molar refractivity (Wildman–Crippen MR) is 48.6 cm³/mol. The molecular formula is C10H14FN. The molecule has 0 heterocycles. The zero-order valence-electron chi connectivity index (χ0n) is 7.47. The number of halogens is 1. The molecule has 2 N–H and O–H groups in total. The quantitative estimate of drug-likeness (QED) is 0.719. The first-order valence-electron chi connectivity index (χ1n) is 4.08. The van der Waals surface area contributed by atoms with Crippen molar-refractivity contribution in [3.8, 4) is 0 Å². The average molecular weight is 167 g/mol. The Hall–Kier alpha value is -0.890. The zero-order chi connectivity index (χ0) is 9.14. The van der Waals surface area contributed by atoms with E-state index in [9.17, 15) is 4.39 Å². The Morgan fingerprint density at radius 3 is 2.67 bits per heavy atom. The van der Waals surface area contributed by atoms with E-state index < -0.39 is 6.17 Å². The van der Waals surface area contributed by atoms with E-state index in [0.29, 0.717) is 12.1 Å².